The minimum absolute atomic E-state index is 0.210. The summed E-state index contributed by atoms with van der Waals surface area (Å²) in [4.78, 5) is 23.5. The van der Waals surface area contributed by atoms with Crippen molar-refractivity contribution in [2.45, 2.75) is 0 Å². The van der Waals surface area contributed by atoms with Gasteiger partial charge in [-0.05, 0) is 29.7 Å². The largest absolute Gasteiger partial charge is 0.422 e. The van der Waals surface area contributed by atoms with E-state index in [-0.39, 0.29) is 5.91 Å². The fourth-order valence-electron chi connectivity index (χ4n) is 2.17. The van der Waals surface area contributed by atoms with Gasteiger partial charge in [0, 0.05) is 18.0 Å². The predicted molar refractivity (Wildman–Crippen MR) is 73.4 cm³/mol. The van der Waals surface area contributed by atoms with Gasteiger partial charge in [-0.15, -0.1) is 0 Å². The standard InChI is InChI=1S/C15H11NO3/c1-16-14(17)9-6-7-11-10-4-2-3-5-12(10)15(18)19-13(11)8-9/h2-8H,1H3,(H,16,17). The average molecular weight is 253 g/mol. The van der Waals surface area contributed by atoms with Crippen LogP contribution in [-0.2, 0) is 0 Å². The second-order valence-corrected chi connectivity index (χ2v) is 4.23. The first kappa shape index (κ1) is 11.5. The summed E-state index contributed by atoms with van der Waals surface area (Å²) in [5.41, 5.74) is 0.496. The fraction of sp³-hybridized carbons (Fsp3) is 0.0667. The molecule has 0 atom stereocenters. The zero-order chi connectivity index (χ0) is 13.4. The third-order valence-corrected chi connectivity index (χ3v) is 3.11. The summed E-state index contributed by atoms with van der Waals surface area (Å²) < 4.78 is 5.27. The first-order valence-electron chi connectivity index (χ1n) is 5.88. The Bertz CT molecular complexity index is 849. The molecule has 0 aliphatic rings. The maximum atomic E-state index is 11.9. The van der Waals surface area contributed by atoms with Crippen molar-refractivity contribution in [3.05, 3.63) is 58.4 Å². The zero-order valence-corrected chi connectivity index (χ0v) is 10.3. The van der Waals surface area contributed by atoms with Crippen molar-refractivity contribution < 1.29 is 9.21 Å². The Kier molecular flexibility index (Phi) is 2.56. The lowest BCUT2D eigenvalue weighted by molar-refractivity contribution is 0.0963. The molecule has 0 aliphatic heterocycles. The van der Waals surface area contributed by atoms with Crippen LogP contribution in [0.15, 0.2) is 51.7 Å². The molecule has 1 heterocycles. The van der Waals surface area contributed by atoms with E-state index in [1.54, 1.807) is 37.4 Å². The summed E-state index contributed by atoms with van der Waals surface area (Å²) in [6.45, 7) is 0. The molecular formula is C15H11NO3. The van der Waals surface area contributed by atoms with Crippen molar-refractivity contribution in [2.24, 2.45) is 0 Å². The van der Waals surface area contributed by atoms with Gasteiger partial charge in [0.25, 0.3) is 5.91 Å². The third-order valence-electron chi connectivity index (χ3n) is 3.11. The molecule has 3 rings (SSSR count). The van der Waals surface area contributed by atoms with Gasteiger partial charge in [0.2, 0.25) is 0 Å². The topological polar surface area (TPSA) is 59.3 Å². The van der Waals surface area contributed by atoms with Gasteiger partial charge < -0.3 is 9.73 Å². The lowest BCUT2D eigenvalue weighted by Gasteiger charge is -2.04. The number of carbonyl (C=O) groups is 1. The molecule has 0 saturated carbocycles. The Morgan fingerprint density at radius 1 is 1.05 bits per heavy atom. The van der Waals surface area contributed by atoms with Crippen LogP contribution in [0.2, 0.25) is 0 Å². The first-order valence-corrected chi connectivity index (χ1v) is 5.88. The van der Waals surface area contributed by atoms with Gasteiger partial charge in [0.05, 0.1) is 5.39 Å². The highest BCUT2D eigenvalue weighted by Gasteiger charge is 2.09. The van der Waals surface area contributed by atoms with E-state index in [0.29, 0.717) is 16.5 Å². The van der Waals surface area contributed by atoms with Gasteiger partial charge in [0.15, 0.2) is 0 Å². The number of rotatable bonds is 1. The number of nitrogens with one attached hydrogen (secondary N) is 1. The van der Waals surface area contributed by atoms with Gasteiger partial charge in [0.1, 0.15) is 5.58 Å². The van der Waals surface area contributed by atoms with Gasteiger partial charge in [-0.2, -0.15) is 0 Å². The molecule has 3 aromatic rings. The normalized spacial score (nSPS) is 10.8. The van der Waals surface area contributed by atoms with E-state index in [1.165, 1.54) is 0 Å². The molecule has 4 nitrogen and oxygen atoms in total. The molecular weight excluding hydrogens is 242 g/mol. The highest BCUT2D eigenvalue weighted by atomic mass is 16.4. The molecule has 0 unspecified atom stereocenters. The molecule has 0 saturated heterocycles. The second-order valence-electron chi connectivity index (χ2n) is 4.23. The molecule has 1 amide bonds. The smallest absolute Gasteiger partial charge is 0.344 e. The molecule has 94 valence electrons. The Labute approximate surface area is 108 Å². The Morgan fingerprint density at radius 2 is 1.79 bits per heavy atom. The number of hydrogen-bond donors (Lipinski definition) is 1. The van der Waals surface area contributed by atoms with Crippen LogP contribution < -0.4 is 10.9 Å². The molecule has 2 aromatic carbocycles. The van der Waals surface area contributed by atoms with Crippen molar-refractivity contribution in [2.75, 3.05) is 7.05 Å². The number of fused-ring (bicyclic) bond motifs is 3. The van der Waals surface area contributed by atoms with Crippen molar-refractivity contribution >= 4 is 27.6 Å². The minimum Gasteiger partial charge on any atom is -0.422 e. The molecule has 19 heavy (non-hydrogen) atoms. The van der Waals surface area contributed by atoms with E-state index in [4.69, 9.17) is 4.42 Å². The maximum absolute atomic E-state index is 11.9. The molecule has 4 heteroatoms. The van der Waals surface area contributed by atoms with Crippen LogP contribution in [0, 0.1) is 0 Å². The predicted octanol–water partition coefficient (Wildman–Crippen LogP) is 2.31. The summed E-state index contributed by atoms with van der Waals surface area (Å²) in [5.74, 6) is -0.210. The molecule has 0 bridgehead atoms. The van der Waals surface area contributed by atoms with Crippen LogP contribution in [0.4, 0.5) is 0 Å². The van der Waals surface area contributed by atoms with Crippen molar-refractivity contribution in [3.63, 3.8) is 0 Å². The monoisotopic (exact) mass is 253 g/mol. The Morgan fingerprint density at radius 3 is 2.53 bits per heavy atom. The van der Waals surface area contributed by atoms with Gasteiger partial charge in [-0.3, -0.25) is 4.79 Å². The summed E-state index contributed by atoms with van der Waals surface area (Å²) in [7, 11) is 1.56. The summed E-state index contributed by atoms with van der Waals surface area (Å²) in [6.07, 6.45) is 0. The molecule has 1 N–H and O–H groups in total. The number of carbonyl (C=O) groups excluding carboxylic acids is 1. The van der Waals surface area contributed by atoms with Gasteiger partial charge in [-0.25, -0.2) is 4.79 Å². The van der Waals surface area contributed by atoms with E-state index in [9.17, 15) is 9.59 Å². The second kappa shape index (κ2) is 4.24. The average Bonchev–Trinajstić information content (AvgIpc) is 2.46. The van der Waals surface area contributed by atoms with Crippen molar-refractivity contribution in [3.8, 4) is 0 Å². The van der Waals surface area contributed by atoms with E-state index < -0.39 is 5.63 Å². The van der Waals surface area contributed by atoms with Crippen LogP contribution >= 0.6 is 0 Å². The molecule has 0 spiro atoms. The van der Waals surface area contributed by atoms with Gasteiger partial charge in [-0.1, -0.05) is 18.2 Å². The Balaban J connectivity index is 2.40. The lowest BCUT2D eigenvalue weighted by Crippen LogP contribution is -2.17. The van der Waals surface area contributed by atoms with E-state index in [0.717, 1.165) is 10.8 Å². The molecule has 0 fully saturated rings. The van der Waals surface area contributed by atoms with Crippen LogP contribution in [0.25, 0.3) is 21.7 Å². The van der Waals surface area contributed by atoms with Crippen LogP contribution in [0.5, 0.6) is 0 Å². The minimum atomic E-state index is -0.392. The summed E-state index contributed by atoms with van der Waals surface area (Å²) in [5, 5.41) is 4.74. The van der Waals surface area contributed by atoms with E-state index >= 15 is 0 Å². The van der Waals surface area contributed by atoms with E-state index in [1.807, 2.05) is 12.1 Å². The van der Waals surface area contributed by atoms with Crippen LogP contribution in [0.1, 0.15) is 10.4 Å². The molecule has 0 radical (unpaired) electrons. The molecule has 0 aliphatic carbocycles. The Hall–Kier alpha value is -2.62. The van der Waals surface area contributed by atoms with Gasteiger partial charge >= 0.3 is 5.63 Å². The van der Waals surface area contributed by atoms with E-state index in [2.05, 4.69) is 5.32 Å². The number of amides is 1. The van der Waals surface area contributed by atoms with Crippen molar-refractivity contribution in [1.29, 1.82) is 0 Å². The SMILES string of the molecule is CNC(=O)c1ccc2c(c1)oc(=O)c1ccccc12. The molecule has 1 aromatic heterocycles. The fourth-order valence-corrected chi connectivity index (χ4v) is 2.17. The van der Waals surface area contributed by atoms with Crippen LogP contribution in [0.3, 0.4) is 0 Å². The number of hydrogen-bond acceptors (Lipinski definition) is 3. The highest BCUT2D eigenvalue weighted by molar-refractivity contribution is 6.06. The third kappa shape index (κ3) is 1.78. The highest BCUT2D eigenvalue weighted by Crippen LogP contribution is 2.23. The maximum Gasteiger partial charge on any atom is 0.344 e. The zero-order valence-electron chi connectivity index (χ0n) is 10.3. The number of benzene rings is 2. The summed E-state index contributed by atoms with van der Waals surface area (Å²) in [6, 6.07) is 12.4. The van der Waals surface area contributed by atoms with Crippen molar-refractivity contribution in [1.82, 2.24) is 5.32 Å². The summed E-state index contributed by atoms with van der Waals surface area (Å²) >= 11 is 0. The van der Waals surface area contributed by atoms with Crippen LogP contribution in [-0.4, -0.2) is 13.0 Å². The lowest BCUT2D eigenvalue weighted by atomic mass is 10.1. The first-order chi connectivity index (χ1) is 9.20. The quantitative estimate of drug-likeness (QED) is 0.534.